The molecule has 8 aromatic carbocycles. The first-order valence-corrected chi connectivity index (χ1v) is 29.4. The number of nitrogens with one attached hydrogen (secondary N) is 2. The summed E-state index contributed by atoms with van der Waals surface area (Å²) in [5.41, 5.74) is 9.31. The number of fused-ring (bicyclic) bond motifs is 4. The average Bonchev–Trinajstić information content (AvgIpc) is 2.00. The predicted molar refractivity (Wildman–Crippen MR) is 331 cm³/mol. The minimum atomic E-state index is -0.968. The molecule has 3 N–H and O–H groups in total. The summed E-state index contributed by atoms with van der Waals surface area (Å²) in [7, 11) is 4.28. The van der Waals surface area contributed by atoms with E-state index in [1.165, 1.54) is 40.3 Å². The number of piperidine rings is 2. The van der Waals surface area contributed by atoms with Crippen molar-refractivity contribution in [2.45, 2.75) is 69.6 Å². The molecule has 2 atom stereocenters. The lowest BCUT2D eigenvalue weighted by molar-refractivity contribution is 0.0712. The van der Waals surface area contributed by atoms with Crippen molar-refractivity contribution in [2.75, 3.05) is 46.9 Å². The molecular weight excluding hydrogens is 1130 g/mol. The van der Waals surface area contributed by atoms with Gasteiger partial charge in [0.2, 0.25) is 0 Å². The van der Waals surface area contributed by atoms with E-state index in [2.05, 4.69) is 63.1 Å². The molecule has 0 aliphatic carbocycles. The van der Waals surface area contributed by atoms with Gasteiger partial charge in [-0.15, -0.1) is 12.4 Å². The van der Waals surface area contributed by atoms with E-state index in [1.54, 1.807) is 29.2 Å². The average molecular weight is 1190 g/mol. The van der Waals surface area contributed by atoms with Crippen LogP contribution in [0, 0.1) is 23.3 Å². The molecule has 87 heavy (non-hydrogen) atoms. The first kappa shape index (κ1) is 58.5. The first-order chi connectivity index (χ1) is 41.8. The SMILES string of the molecule is CCOc1ccc(F)cc1C(c1nc2ccccc2[nH]1)N1Cc2ccc(-c3ccc(C4CCN(C)CC4)cc3)c(F)c2C1=O.CN1CCC(c2ccc(-c3ccc4c(c3F)C(=O)N(C(c3nc5ccccc5[nH]3)c3cc(F)ccc3O)C4)cc2)CC1.Cl. The zero-order valence-corrected chi connectivity index (χ0v) is 49.2. The van der Waals surface area contributed by atoms with Crippen molar-refractivity contribution < 1.29 is 37.0 Å². The molecule has 2 saturated heterocycles. The molecule has 4 aliphatic heterocycles. The number of aromatic amines is 2. The summed E-state index contributed by atoms with van der Waals surface area (Å²) in [6.45, 7) is 6.69. The quantitative estimate of drug-likeness (QED) is 0.103. The van der Waals surface area contributed by atoms with Crippen molar-refractivity contribution in [1.82, 2.24) is 39.5 Å². The van der Waals surface area contributed by atoms with Crippen LogP contribution in [0.15, 0.2) is 158 Å². The smallest absolute Gasteiger partial charge is 0.258 e. The van der Waals surface area contributed by atoms with Gasteiger partial charge in [-0.05, 0) is 179 Å². The second-order valence-corrected chi connectivity index (χ2v) is 23.1. The van der Waals surface area contributed by atoms with Gasteiger partial charge in [-0.1, -0.05) is 97.1 Å². The zero-order valence-electron chi connectivity index (χ0n) is 48.4. The van der Waals surface area contributed by atoms with Gasteiger partial charge in [-0.2, -0.15) is 0 Å². The van der Waals surface area contributed by atoms with E-state index in [1.807, 2.05) is 85.8 Å². The third-order valence-electron chi connectivity index (χ3n) is 17.7. The Bertz CT molecular complexity index is 4130. The van der Waals surface area contributed by atoms with Gasteiger partial charge in [0.05, 0.1) is 39.8 Å². The number of hydrogen-bond donors (Lipinski definition) is 3. The number of benzene rings is 8. The number of para-hydroxylation sites is 4. The van der Waals surface area contributed by atoms with Gasteiger partial charge in [0.25, 0.3) is 11.8 Å². The number of carbonyl (C=O) groups excluding carboxylic acids is 2. The van der Waals surface area contributed by atoms with Crippen LogP contribution in [0.4, 0.5) is 17.6 Å². The third kappa shape index (κ3) is 11.3. The number of aromatic nitrogens is 4. The molecule has 10 aromatic rings. The van der Waals surface area contributed by atoms with Crippen LogP contribution in [0.2, 0.25) is 0 Å². The number of phenolic OH excluding ortho intramolecular Hbond substituents is 1. The summed E-state index contributed by atoms with van der Waals surface area (Å²) >= 11 is 0. The van der Waals surface area contributed by atoms with Crippen LogP contribution in [-0.4, -0.2) is 103 Å². The number of nitrogens with zero attached hydrogens (tertiary/aromatic N) is 6. The molecule has 2 unspecified atom stereocenters. The summed E-state index contributed by atoms with van der Waals surface area (Å²) in [5.74, 6) is -1.13. The van der Waals surface area contributed by atoms with Crippen LogP contribution in [0.25, 0.3) is 44.3 Å². The van der Waals surface area contributed by atoms with Crippen molar-refractivity contribution >= 4 is 46.3 Å². The van der Waals surface area contributed by atoms with Gasteiger partial charge in [0, 0.05) is 35.3 Å². The van der Waals surface area contributed by atoms with Crippen LogP contribution in [0.5, 0.6) is 11.5 Å². The van der Waals surface area contributed by atoms with Crippen molar-refractivity contribution in [1.29, 1.82) is 0 Å². The van der Waals surface area contributed by atoms with E-state index in [-0.39, 0.29) is 47.9 Å². The number of hydrogen-bond acceptors (Lipinski definition) is 8. The monoisotopic (exact) mass is 1190 g/mol. The fraction of sp³-hybridized carbons (Fsp3) is 0.257. The van der Waals surface area contributed by atoms with Gasteiger partial charge in [-0.3, -0.25) is 9.59 Å². The molecule has 0 spiro atoms. The molecular formula is C70H65ClF4N8O4. The Kier molecular flexibility index (Phi) is 16.5. The summed E-state index contributed by atoms with van der Waals surface area (Å²) in [6.07, 6.45) is 4.41. The number of aromatic hydroxyl groups is 1. The van der Waals surface area contributed by atoms with E-state index in [0.29, 0.717) is 80.3 Å². The molecule has 0 bridgehead atoms. The first-order valence-electron chi connectivity index (χ1n) is 29.4. The highest BCUT2D eigenvalue weighted by Gasteiger charge is 2.42. The molecule has 14 rings (SSSR count). The maximum absolute atomic E-state index is 16.3. The van der Waals surface area contributed by atoms with Gasteiger partial charge >= 0.3 is 0 Å². The molecule has 0 radical (unpaired) electrons. The minimum Gasteiger partial charge on any atom is -0.508 e. The van der Waals surface area contributed by atoms with Crippen molar-refractivity contribution in [3.8, 4) is 33.8 Å². The van der Waals surface area contributed by atoms with Crippen molar-refractivity contribution in [3.63, 3.8) is 0 Å². The lowest BCUT2D eigenvalue weighted by Crippen LogP contribution is -2.31. The number of likely N-dealkylation sites (tertiary alicyclic amines) is 2. The van der Waals surface area contributed by atoms with Crippen LogP contribution in [0.1, 0.15) is 122 Å². The third-order valence-corrected chi connectivity index (χ3v) is 17.7. The highest BCUT2D eigenvalue weighted by molar-refractivity contribution is 6.01. The Morgan fingerprint density at radius 2 is 0.977 bits per heavy atom. The lowest BCUT2D eigenvalue weighted by atomic mass is 9.88. The molecule has 0 saturated carbocycles. The lowest BCUT2D eigenvalue weighted by Gasteiger charge is -2.29. The van der Waals surface area contributed by atoms with Gasteiger partial charge in [0.1, 0.15) is 58.5 Å². The van der Waals surface area contributed by atoms with Gasteiger partial charge in [-0.25, -0.2) is 27.5 Å². The van der Waals surface area contributed by atoms with Crippen molar-refractivity contribution in [3.05, 3.63) is 237 Å². The number of H-pyrrole nitrogens is 2. The summed E-state index contributed by atoms with van der Waals surface area (Å²) in [5, 5.41) is 10.8. The van der Waals surface area contributed by atoms with Crippen molar-refractivity contribution in [2.24, 2.45) is 0 Å². The van der Waals surface area contributed by atoms with E-state index in [4.69, 9.17) is 9.72 Å². The van der Waals surface area contributed by atoms with Gasteiger partial charge in [0.15, 0.2) is 0 Å². The molecule has 17 heteroatoms. The molecule has 2 fully saturated rings. The number of rotatable bonds is 12. The second-order valence-electron chi connectivity index (χ2n) is 23.1. The molecule has 2 aromatic heterocycles. The maximum Gasteiger partial charge on any atom is 0.258 e. The van der Waals surface area contributed by atoms with E-state index >= 15 is 8.78 Å². The maximum atomic E-state index is 16.3. The topological polar surface area (TPSA) is 134 Å². The highest BCUT2D eigenvalue weighted by Crippen LogP contribution is 2.44. The Morgan fingerprint density at radius 1 is 0.552 bits per heavy atom. The summed E-state index contributed by atoms with van der Waals surface area (Å²) in [6, 6.07) is 44.1. The number of ether oxygens (including phenoxy) is 1. The van der Waals surface area contributed by atoms with Crippen LogP contribution >= 0.6 is 12.4 Å². The number of amides is 2. The Labute approximate surface area is 507 Å². The number of halogens is 5. The van der Waals surface area contributed by atoms with Crippen LogP contribution in [-0.2, 0) is 13.1 Å². The second kappa shape index (κ2) is 24.5. The Hall–Kier alpha value is -8.83. The fourth-order valence-electron chi connectivity index (χ4n) is 13.1. The number of carbonyl (C=O) groups is 2. The molecule has 4 aliphatic rings. The largest absolute Gasteiger partial charge is 0.508 e. The molecule has 12 nitrogen and oxygen atoms in total. The molecule has 444 valence electrons. The van der Waals surface area contributed by atoms with Crippen LogP contribution in [0.3, 0.4) is 0 Å². The summed E-state index contributed by atoms with van der Waals surface area (Å²) < 4.78 is 67.5. The van der Waals surface area contributed by atoms with E-state index in [9.17, 15) is 23.5 Å². The van der Waals surface area contributed by atoms with Crippen LogP contribution < -0.4 is 4.74 Å². The zero-order chi connectivity index (χ0) is 59.3. The standard InChI is InChI=1S/C36H34F2N4O2.C34H30F2N4O2.ClH/c1-3-44-31-15-13-26(37)20-28(31)34(35-39-29-6-4-5-7-30(29)40-35)42-21-25-12-14-27(33(38)32(25)36(42)43)24-10-8-22(9-11-24)23-16-18-41(2)19-17-23;1-39-16-14-21(15-17-39)20-6-8-22(9-7-20)25-12-10-23-19-40(34(42)30(23)31(25)36)32(26-18-24(35)11-13-29(26)41)33-37-27-4-2-3-5-28(27)38-33;/h4-15,20,23,34H,3,16-19,21H2,1-2H3,(H,39,40);2-13,18,21,32,41H,14-17,19H2,1H3,(H,37,38);1H. The van der Waals surface area contributed by atoms with E-state index < -0.39 is 47.2 Å². The van der Waals surface area contributed by atoms with Gasteiger partial charge < -0.3 is 39.4 Å². The minimum absolute atomic E-state index is 0. The normalized spacial score (nSPS) is 16.4. The Balaban J connectivity index is 0.000000168. The Morgan fingerprint density at radius 3 is 1.43 bits per heavy atom. The summed E-state index contributed by atoms with van der Waals surface area (Å²) in [4.78, 5) is 51.7. The number of imidazole rings is 2. The number of phenols is 1. The molecule has 6 heterocycles. The fourth-order valence-corrected chi connectivity index (χ4v) is 13.1. The predicted octanol–water partition coefficient (Wildman–Crippen LogP) is 14.7. The van der Waals surface area contributed by atoms with E-state index in [0.717, 1.165) is 74.5 Å². The highest BCUT2D eigenvalue weighted by atomic mass is 35.5. The molecule has 2 amide bonds.